The van der Waals surface area contributed by atoms with Crippen molar-refractivity contribution in [2.75, 3.05) is 32.8 Å². The number of hydrogen-bond donors (Lipinski definition) is 1. The zero-order valence-electron chi connectivity index (χ0n) is 10.2. The summed E-state index contributed by atoms with van der Waals surface area (Å²) in [6.07, 6.45) is 1.55. The second kappa shape index (κ2) is 7.46. The Morgan fingerprint density at radius 2 is 2.06 bits per heavy atom. The Morgan fingerprint density at radius 1 is 1.38 bits per heavy atom. The van der Waals surface area contributed by atoms with Crippen LogP contribution >= 0.6 is 0 Å². The van der Waals surface area contributed by atoms with Crippen molar-refractivity contribution in [2.45, 2.75) is 33.0 Å². The molecule has 1 fully saturated rings. The minimum absolute atomic E-state index is 0.0259. The zero-order valence-corrected chi connectivity index (χ0v) is 10.2. The van der Waals surface area contributed by atoms with Crippen LogP contribution in [0, 0.1) is 0 Å². The topological polar surface area (TPSA) is 50.8 Å². The minimum Gasteiger partial charge on any atom is -0.353 e. The predicted molar refractivity (Wildman–Crippen MR) is 61.2 cm³/mol. The molecule has 0 saturated carbocycles. The van der Waals surface area contributed by atoms with Gasteiger partial charge in [-0.2, -0.15) is 0 Å². The Labute approximate surface area is 97.1 Å². The molecule has 0 aliphatic carbocycles. The van der Waals surface area contributed by atoms with Gasteiger partial charge in [-0.1, -0.05) is 0 Å². The van der Waals surface area contributed by atoms with Crippen LogP contribution in [0.1, 0.15) is 26.7 Å². The van der Waals surface area contributed by atoms with Crippen LogP contribution in [0.3, 0.4) is 0 Å². The van der Waals surface area contributed by atoms with Gasteiger partial charge in [0.25, 0.3) is 0 Å². The van der Waals surface area contributed by atoms with Crippen LogP contribution < -0.4 is 5.32 Å². The number of ether oxygens (including phenoxy) is 2. The van der Waals surface area contributed by atoms with Gasteiger partial charge in [0, 0.05) is 39.3 Å². The summed E-state index contributed by atoms with van der Waals surface area (Å²) in [4.78, 5) is 13.3. The Morgan fingerprint density at radius 3 is 2.62 bits per heavy atom. The molecule has 5 nitrogen and oxygen atoms in total. The maximum Gasteiger partial charge on any atom is 0.317 e. The monoisotopic (exact) mass is 230 g/mol. The first-order chi connectivity index (χ1) is 7.77. The second-order valence-electron chi connectivity index (χ2n) is 3.70. The molecule has 1 heterocycles. The summed E-state index contributed by atoms with van der Waals surface area (Å²) < 4.78 is 10.9. The third-order valence-electron chi connectivity index (χ3n) is 2.51. The smallest absolute Gasteiger partial charge is 0.317 e. The van der Waals surface area contributed by atoms with Crippen LogP contribution in [0.15, 0.2) is 0 Å². The standard InChI is InChI=1S/C11H22N2O3/c1-3-15-10(16-4-2)6-9-13-8-5-7-12-11(13)14/h10H,3-9H2,1-2H3,(H,12,14). The Bertz CT molecular complexity index is 205. The highest BCUT2D eigenvalue weighted by Crippen LogP contribution is 2.06. The number of nitrogens with zero attached hydrogens (tertiary/aromatic N) is 1. The number of amides is 2. The number of nitrogens with one attached hydrogen (secondary N) is 1. The van der Waals surface area contributed by atoms with Gasteiger partial charge >= 0.3 is 6.03 Å². The van der Waals surface area contributed by atoms with Gasteiger partial charge in [-0.25, -0.2) is 4.79 Å². The number of carbonyl (C=O) groups excluding carboxylic acids is 1. The second-order valence-corrected chi connectivity index (χ2v) is 3.70. The van der Waals surface area contributed by atoms with E-state index in [1.807, 2.05) is 18.7 Å². The van der Waals surface area contributed by atoms with Gasteiger partial charge in [0.1, 0.15) is 0 Å². The molecule has 0 unspecified atom stereocenters. The van der Waals surface area contributed by atoms with E-state index in [1.165, 1.54) is 0 Å². The van der Waals surface area contributed by atoms with E-state index in [2.05, 4.69) is 5.32 Å². The lowest BCUT2D eigenvalue weighted by Gasteiger charge is -2.28. The van der Waals surface area contributed by atoms with Gasteiger partial charge in [0.15, 0.2) is 6.29 Å². The molecular formula is C11H22N2O3. The van der Waals surface area contributed by atoms with Crippen molar-refractivity contribution < 1.29 is 14.3 Å². The van der Waals surface area contributed by atoms with Gasteiger partial charge in [0.2, 0.25) is 0 Å². The average molecular weight is 230 g/mol. The van der Waals surface area contributed by atoms with Crippen LogP contribution in [-0.4, -0.2) is 50.1 Å². The number of rotatable bonds is 7. The van der Waals surface area contributed by atoms with Crippen molar-refractivity contribution in [2.24, 2.45) is 0 Å². The van der Waals surface area contributed by atoms with Crippen LogP contribution in [-0.2, 0) is 9.47 Å². The SMILES string of the molecule is CCOC(CCN1CCCNC1=O)OCC. The molecule has 0 bridgehead atoms. The Kier molecular flexibility index (Phi) is 6.18. The van der Waals surface area contributed by atoms with Crippen molar-refractivity contribution in [3.05, 3.63) is 0 Å². The lowest BCUT2D eigenvalue weighted by Crippen LogP contribution is -2.47. The van der Waals surface area contributed by atoms with E-state index in [4.69, 9.17) is 9.47 Å². The first kappa shape index (κ1) is 13.3. The number of carbonyl (C=O) groups is 1. The molecule has 2 amide bonds. The molecule has 1 saturated heterocycles. The molecule has 0 aromatic carbocycles. The first-order valence-electron chi connectivity index (χ1n) is 6.03. The highest BCUT2D eigenvalue weighted by atomic mass is 16.7. The molecule has 5 heteroatoms. The molecule has 94 valence electrons. The predicted octanol–water partition coefficient (Wildman–Crippen LogP) is 1.19. The summed E-state index contributed by atoms with van der Waals surface area (Å²) >= 11 is 0. The summed E-state index contributed by atoms with van der Waals surface area (Å²) in [7, 11) is 0. The lowest BCUT2D eigenvalue weighted by atomic mass is 10.3. The fourth-order valence-electron chi connectivity index (χ4n) is 1.74. The van der Waals surface area contributed by atoms with E-state index in [-0.39, 0.29) is 12.3 Å². The van der Waals surface area contributed by atoms with E-state index in [9.17, 15) is 4.79 Å². The van der Waals surface area contributed by atoms with Crippen LogP contribution in [0.25, 0.3) is 0 Å². The fraction of sp³-hybridized carbons (Fsp3) is 0.909. The van der Waals surface area contributed by atoms with Gasteiger partial charge < -0.3 is 19.7 Å². The molecule has 0 aromatic heterocycles. The lowest BCUT2D eigenvalue weighted by molar-refractivity contribution is -0.140. The Hall–Kier alpha value is -0.810. The van der Waals surface area contributed by atoms with Gasteiger partial charge in [-0.3, -0.25) is 0 Å². The minimum atomic E-state index is -0.190. The molecule has 1 aliphatic heterocycles. The maximum absolute atomic E-state index is 11.5. The highest BCUT2D eigenvalue weighted by molar-refractivity contribution is 5.74. The molecule has 1 rings (SSSR count). The number of hydrogen-bond acceptors (Lipinski definition) is 3. The van der Waals surface area contributed by atoms with Crippen LogP contribution in [0.5, 0.6) is 0 Å². The Balaban J connectivity index is 2.26. The molecule has 0 radical (unpaired) electrons. The summed E-state index contributed by atoms with van der Waals surface area (Å²) in [6, 6.07) is 0.0259. The number of urea groups is 1. The van der Waals surface area contributed by atoms with Crippen molar-refractivity contribution in [1.29, 1.82) is 0 Å². The van der Waals surface area contributed by atoms with E-state index >= 15 is 0 Å². The molecule has 0 aromatic rings. The maximum atomic E-state index is 11.5. The quantitative estimate of drug-likeness (QED) is 0.668. The van der Waals surface area contributed by atoms with Gasteiger partial charge in [0.05, 0.1) is 0 Å². The van der Waals surface area contributed by atoms with Gasteiger partial charge in [-0.05, 0) is 20.3 Å². The zero-order chi connectivity index (χ0) is 11.8. The average Bonchev–Trinajstić information content (AvgIpc) is 2.28. The highest BCUT2D eigenvalue weighted by Gasteiger charge is 2.18. The largest absolute Gasteiger partial charge is 0.353 e. The molecule has 16 heavy (non-hydrogen) atoms. The van der Waals surface area contributed by atoms with Crippen molar-refractivity contribution >= 4 is 6.03 Å². The molecule has 1 aliphatic rings. The van der Waals surface area contributed by atoms with Crippen LogP contribution in [0.2, 0.25) is 0 Å². The summed E-state index contributed by atoms with van der Waals surface area (Å²) in [5.74, 6) is 0. The fourth-order valence-corrected chi connectivity index (χ4v) is 1.74. The molecule has 0 atom stereocenters. The van der Waals surface area contributed by atoms with Crippen molar-refractivity contribution in [3.63, 3.8) is 0 Å². The summed E-state index contributed by atoms with van der Waals surface area (Å²) in [5, 5.41) is 2.83. The van der Waals surface area contributed by atoms with Crippen molar-refractivity contribution in [1.82, 2.24) is 10.2 Å². The molecular weight excluding hydrogens is 208 g/mol. The van der Waals surface area contributed by atoms with E-state index < -0.39 is 0 Å². The van der Waals surface area contributed by atoms with Crippen LogP contribution in [0.4, 0.5) is 4.79 Å². The van der Waals surface area contributed by atoms with Crippen molar-refractivity contribution in [3.8, 4) is 0 Å². The molecule has 1 N–H and O–H groups in total. The van der Waals surface area contributed by atoms with E-state index in [0.717, 1.165) is 25.9 Å². The third kappa shape index (κ3) is 4.37. The van der Waals surface area contributed by atoms with Gasteiger partial charge in [-0.15, -0.1) is 0 Å². The summed E-state index contributed by atoms with van der Waals surface area (Å²) in [6.45, 7) is 7.47. The summed E-state index contributed by atoms with van der Waals surface area (Å²) in [5.41, 5.74) is 0. The van der Waals surface area contributed by atoms with E-state index in [1.54, 1.807) is 0 Å². The normalized spacial score (nSPS) is 16.7. The first-order valence-corrected chi connectivity index (χ1v) is 6.03. The molecule has 0 spiro atoms. The third-order valence-corrected chi connectivity index (χ3v) is 2.51. The van der Waals surface area contributed by atoms with E-state index in [0.29, 0.717) is 19.8 Å².